The summed E-state index contributed by atoms with van der Waals surface area (Å²) >= 11 is 0. The molecule has 0 amide bonds. The highest BCUT2D eigenvalue weighted by molar-refractivity contribution is 5.52. The summed E-state index contributed by atoms with van der Waals surface area (Å²) in [6, 6.07) is 0. The van der Waals surface area contributed by atoms with Crippen LogP contribution in [-0.2, 0) is 4.79 Å². The molecule has 0 aliphatic carbocycles. The molecule has 0 spiro atoms. The van der Waals surface area contributed by atoms with Crippen molar-refractivity contribution in [3.8, 4) is 0 Å². The van der Waals surface area contributed by atoms with Gasteiger partial charge in [0, 0.05) is 13.1 Å². The van der Waals surface area contributed by atoms with Gasteiger partial charge in [0.05, 0.1) is 5.70 Å². The molecule has 1 rings (SSSR count). The van der Waals surface area contributed by atoms with E-state index in [2.05, 4.69) is 11.8 Å². The van der Waals surface area contributed by atoms with Gasteiger partial charge in [-0.1, -0.05) is 33.6 Å². The van der Waals surface area contributed by atoms with Crippen LogP contribution in [0.4, 0.5) is 0 Å². The van der Waals surface area contributed by atoms with E-state index >= 15 is 0 Å². The van der Waals surface area contributed by atoms with Crippen molar-refractivity contribution in [2.75, 3.05) is 13.1 Å². The molecule has 1 aliphatic heterocycles. The third-order valence-corrected chi connectivity index (χ3v) is 2.37. The Balaban J connectivity index is 0.000000791. The average molecular weight is 197 g/mol. The molecule has 1 fully saturated rings. The van der Waals surface area contributed by atoms with E-state index in [1.165, 1.54) is 19.3 Å². The van der Waals surface area contributed by atoms with Crippen molar-refractivity contribution in [2.45, 2.75) is 52.9 Å². The molecule has 1 aliphatic rings. The summed E-state index contributed by atoms with van der Waals surface area (Å²) in [7, 11) is 0. The Kier molecular flexibility index (Phi) is 8.36. The maximum absolute atomic E-state index is 10.4. The fourth-order valence-electron chi connectivity index (χ4n) is 1.65. The summed E-state index contributed by atoms with van der Waals surface area (Å²) in [6.07, 6.45) is 5.80. The lowest BCUT2D eigenvalue weighted by molar-refractivity contribution is 0.380. The van der Waals surface area contributed by atoms with Crippen molar-refractivity contribution in [1.29, 1.82) is 0 Å². The standard InChI is InChI=1S/C10H17NO.C2H6/c1-2-3-4-7-11-8-5-6-10(11)9-12;1-2/h2-8H2,1H3;1-2H3. The van der Waals surface area contributed by atoms with Gasteiger partial charge < -0.3 is 4.90 Å². The van der Waals surface area contributed by atoms with Crippen LogP contribution >= 0.6 is 0 Å². The Bertz CT molecular complexity index is 183. The monoisotopic (exact) mass is 197 g/mol. The van der Waals surface area contributed by atoms with Gasteiger partial charge in [0.2, 0.25) is 0 Å². The summed E-state index contributed by atoms with van der Waals surface area (Å²) in [4.78, 5) is 12.6. The summed E-state index contributed by atoms with van der Waals surface area (Å²) in [6.45, 7) is 8.31. The third kappa shape index (κ3) is 4.48. The minimum absolute atomic E-state index is 0.895. The van der Waals surface area contributed by atoms with Crippen molar-refractivity contribution < 1.29 is 4.79 Å². The summed E-state index contributed by atoms with van der Waals surface area (Å²) in [5.74, 6) is 2.03. The largest absolute Gasteiger partial charge is 0.366 e. The van der Waals surface area contributed by atoms with Crippen LogP contribution in [0.3, 0.4) is 0 Å². The molecule has 0 aromatic heterocycles. The van der Waals surface area contributed by atoms with Crippen molar-refractivity contribution in [1.82, 2.24) is 4.90 Å². The van der Waals surface area contributed by atoms with E-state index in [-0.39, 0.29) is 0 Å². The number of unbranched alkanes of at least 4 members (excludes halogenated alkanes) is 2. The molecule has 0 aromatic rings. The highest BCUT2D eigenvalue weighted by atomic mass is 16.1. The van der Waals surface area contributed by atoms with E-state index in [0.717, 1.165) is 31.6 Å². The van der Waals surface area contributed by atoms with Gasteiger partial charge in [-0.15, -0.1) is 0 Å². The van der Waals surface area contributed by atoms with E-state index in [9.17, 15) is 4.79 Å². The number of hydrogen-bond donors (Lipinski definition) is 0. The van der Waals surface area contributed by atoms with Crippen LogP contribution in [0.25, 0.3) is 0 Å². The lowest BCUT2D eigenvalue weighted by atomic mass is 10.2. The van der Waals surface area contributed by atoms with Crippen LogP contribution in [0.2, 0.25) is 0 Å². The zero-order chi connectivity index (χ0) is 10.8. The zero-order valence-electron chi connectivity index (χ0n) is 9.81. The number of carbonyl (C=O) groups excluding carboxylic acids is 1. The summed E-state index contributed by atoms with van der Waals surface area (Å²) in [5, 5.41) is 0. The Hall–Kier alpha value is -0.750. The van der Waals surface area contributed by atoms with Crippen molar-refractivity contribution >= 4 is 5.94 Å². The van der Waals surface area contributed by atoms with Crippen LogP contribution in [-0.4, -0.2) is 23.9 Å². The number of nitrogens with zero attached hydrogens (tertiary/aromatic N) is 1. The van der Waals surface area contributed by atoms with Crippen LogP contribution in [0.15, 0.2) is 5.70 Å². The molecule has 0 unspecified atom stereocenters. The van der Waals surface area contributed by atoms with E-state index in [1.54, 1.807) is 0 Å². The molecule has 2 heteroatoms. The SMILES string of the molecule is CC.CCCCCN1CCCC1=C=O. The first-order valence-electron chi connectivity index (χ1n) is 5.87. The average Bonchev–Trinajstić information content (AvgIpc) is 2.69. The minimum atomic E-state index is 0.895. The zero-order valence-corrected chi connectivity index (χ0v) is 9.81. The molecular formula is C12H23NO. The first kappa shape index (κ1) is 13.2. The first-order valence-corrected chi connectivity index (χ1v) is 5.87. The number of rotatable bonds is 4. The Morgan fingerprint density at radius 2 is 2.07 bits per heavy atom. The topological polar surface area (TPSA) is 20.3 Å². The highest BCUT2D eigenvalue weighted by Gasteiger charge is 2.16. The first-order chi connectivity index (χ1) is 6.88. The van der Waals surface area contributed by atoms with Crippen molar-refractivity contribution in [3.05, 3.63) is 5.70 Å². The van der Waals surface area contributed by atoms with Gasteiger partial charge in [-0.25, -0.2) is 4.79 Å². The van der Waals surface area contributed by atoms with Gasteiger partial charge in [0.15, 0.2) is 0 Å². The van der Waals surface area contributed by atoms with Crippen molar-refractivity contribution in [3.63, 3.8) is 0 Å². The molecule has 14 heavy (non-hydrogen) atoms. The lowest BCUT2D eigenvalue weighted by Crippen LogP contribution is -2.19. The second kappa shape index (κ2) is 8.83. The molecule has 0 aromatic carbocycles. The lowest BCUT2D eigenvalue weighted by Gasteiger charge is -2.16. The smallest absolute Gasteiger partial charge is 0.145 e. The molecule has 2 nitrogen and oxygen atoms in total. The molecule has 0 bridgehead atoms. The van der Waals surface area contributed by atoms with Gasteiger partial charge >= 0.3 is 0 Å². The van der Waals surface area contributed by atoms with E-state index in [0.29, 0.717) is 0 Å². The maximum Gasteiger partial charge on any atom is 0.145 e. The predicted molar refractivity (Wildman–Crippen MR) is 60.9 cm³/mol. The maximum atomic E-state index is 10.4. The number of allylic oxidation sites excluding steroid dienone is 1. The fourth-order valence-corrected chi connectivity index (χ4v) is 1.65. The Labute approximate surface area is 88.0 Å². The molecule has 0 radical (unpaired) electrons. The van der Waals surface area contributed by atoms with Crippen LogP contribution in [0.1, 0.15) is 52.9 Å². The normalized spacial score (nSPS) is 14.8. The molecule has 82 valence electrons. The Morgan fingerprint density at radius 1 is 1.36 bits per heavy atom. The van der Waals surface area contributed by atoms with E-state index in [1.807, 2.05) is 19.8 Å². The summed E-state index contributed by atoms with van der Waals surface area (Å²) in [5.41, 5.74) is 0.895. The molecule has 0 N–H and O–H groups in total. The molecule has 1 saturated heterocycles. The predicted octanol–water partition coefficient (Wildman–Crippen LogP) is 3.01. The highest BCUT2D eigenvalue weighted by Crippen LogP contribution is 2.18. The second-order valence-electron chi connectivity index (χ2n) is 3.35. The molecule has 1 heterocycles. The third-order valence-electron chi connectivity index (χ3n) is 2.37. The quantitative estimate of drug-likeness (QED) is 0.510. The van der Waals surface area contributed by atoms with Crippen molar-refractivity contribution in [2.24, 2.45) is 0 Å². The fraction of sp³-hybridized carbons (Fsp3) is 0.833. The minimum Gasteiger partial charge on any atom is -0.366 e. The molecule has 0 atom stereocenters. The van der Waals surface area contributed by atoms with Gasteiger partial charge in [0.25, 0.3) is 0 Å². The van der Waals surface area contributed by atoms with Crippen LogP contribution in [0, 0.1) is 0 Å². The van der Waals surface area contributed by atoms with Gasteiger partial charge in [0.1, 0.15) is 5.94 Å². The number of likely N-dealkylation sites (tertiary alicyclic amines) is 1. The van der Waals surface area contributed by atoms with Crippen LogP contribution in [0.5, 0.6) is 0 Å². The van der Waals surface area contributed by atoms with Gasteiger partial charge in [-0.05, 0) is 19.3 Å². The molecule has 0 saturated carbocycles. The second-order valence-corrected chi connectivity index (χ2v) is 3.35. The van der Waals surface area contributed by atoms with Gasteiger partial charge in [-0.2, -0.15) is 0 Å². The van der Waals surface area contributed by atoms with E-state index < -0.39 is 0 Å². The Morgan fingerprint density at radius 3 is 2.64 bits per heavy atom. The number of hydrogen-bond acceptors (Lipinski definition) is 2. The van der Waals surface area contributed by atoms with E-state index in [4.69, 9.17) is 0 Å². The van der Waals surface area contributed by atoms with Crippen LogP contribution < -0.4 is 0 Å². The molecular weight excluding hydrogens is 174 g/mol. The van der Waals surface area contributed by atoms with Gasteiger partial charge in [-0.3, -0.25) is 0 Å². The summed E-state index contributed by atoms with van der Waals surface area (Å²) < 4.78 is 0.